The maximum absolute atomic E-state index is 11.5. The zero-order valence-corrected chi connectivity index (χ0v) is 10.7. The largest absolute Gasteiger partial charge is 0.462 e. The van der Waals surface area contributed by atoms with Gasteiger partial charge >= 0.3 is 5.97 Å². The van der Waals surface area contributed by atoms with Crippen LogP contribution in [0.25, 0.3) is 0 Å². The van der Waals surface area contributed by atoms with Crippen molar-refractivity contribution >= 4 is 23.2 Å². The standard InChI is InChI=1S/C12H15NO4S/c14-11(17-8-9-3-1-5-16-9)7-13-12(15)10-4-2-6-18-10/h2,4,6,9H,1,3,5,7-8H2,(H,13,15). The Kier molecular flexibility index (Phi) is 4.72. The zero-order valence-electron chi connectivity index (χ0n) is 9.89. The Morgan fingerprint density at radius 3 is 3.11 bits per heavy atom. The van der Waals surface area contributed by atoms with Gasteiger partial charge in [0.05, 0.1) is 11.0 Å². The van der Waals surface area contributed by atoms with Crippen LogP contribution in [0, 0.1) is 0 Å². The Bertz CT molecular complexity index is 398. The van der Waals surface area contributed by atoms with Crippen molar-refractivity contribution in [1.29, 1.82) is 0 Å². The van der Waals surface area contributed by atoms with Crippen LogP contribution in [0.1, 0.15) is 22.5 Å². The monoisotopic (exact) mass is 269 g/mol. The van der Waals surface area contributed by atoms with Gasteiger partial charge in [-0.1, -0.05) is 6.07 Å². The van der Waals surface area contributed by atoms with E-state index in [-0.39, 0.29) is 25.2 Å². The Labute approximate surface area is 109 Å². The van der Waals surface area contributed by atoms with Crippen LogP contribution in [-0.2, 0) is 14.3 Å². The molecule has 1 N–H and O–H groups in total. The van der Waals surface area contributed by atoms with E-state index in [1.54, 1.807) is 12.1 Å². The van der Waals surface area contributed by atoms with Crippen LogP contribution in [0.5, 0.6) is 0 Å². The lowest BCUT2D eigenvalue weighted by Crippen LogP contribution is -2.31. The first-order valence-electron chi connectivity index (χ1n) is 5.84. The number of thiophene rings is 1. The number of hydrogen-bond donors (Lipinski definition) is 1. The second kappa shape index (κ2) is 6.51. The fraction of sp³-hybridized carbons (Fsp3) is 0.500. The molecular formula is C12H15NO4S. The zero-order chi connectivity index (χ0) is 12.8. The van der Waals surface area contributed by atoms with E-state index in [2.05, 4.69) is 5.32 Å². The lowest BCUT2D eigenvalue weighted by atomic mass is 10.2. The third-order valence-corrected chi connectivity index (χ3v) is 3.46. The molecule has 0 aliphatic carbocycles. The summed E-state index contributed by atoms with van der Waals surface area (Å²) in [6.07, 6.45) is 1.95. The molecule has 2 heterocycles. The van der Waals surface area contributed by atoms with Gasteiger partial charge in [-0.15, -0.1) is 11.3 Å². The van der Waals surface area contributed by atoms with Crippen molar-refractivity contribution < 1.29 is 19.1 Å². The van der Waals surface area contributed by atoms with Crippen molar-refractivity contribution in [3.63, 3.8) is 0 Å². The minimum atomic E-state index is -0.435. The third-order valence-electron chi connectivity index (χ3n) is 2.59. The molecule has 5 nitrogen and oxygen atoms in total. The predicted molar refractivity (Wildman–Crippen MR) is 66.6 cm³/mol. The Hall–Kier alpha value is -1.40. The van der Waals surface area contributed by atoms with E-state index in [0.29, 0.717) is 4.88 Å². The smallest absolute Gasteiger partial charge is 0.325 e. The number of hydrogen-bond acceptors (Lipinski definition) is 5. The van der Waals surface area contributed by atoms with Crippen LogP contribution in [0.15, 0.2) is 17.5 Å². The second-order valence-electron chi connectivity index (χ2n) is 3.98. The molecule has 0 radical (unpaired) electrons. The van der Waals surface area contributed by atoms with Crippen molar-refractivity contribution in [1.82, 2.24) is 5.32 Å². The third kappa shape index (κ3) is 3.82. The molecule has 0 spiro atoms. The lowest BCUT2D eigenvalue weighted by molar-refractivity contribution is -0.145. The molecule has 1 aromatic rings. The first kappa shape index (κ1) is 13.0. The van der Waals surface area contributed by atoms with E-state index in [4.69, 9.17) is 9.47 Å². The Balaban J connectivity index is 1.63. The molecule has 1 aliphatic rings. The van der Waals surface area contributed by atoms with Gasteiger partial charge in [0.15, 0.2) is 0 Å². The average Bonchev–Trinajstić information content (AvgIpc) is 3.05. The molecule has 1 saturated heterocycles. The summed E-state index contributed by atoms with van der Waals surface area (Å²) >= 11 is 1.33. The van der Waals surface area contributed by atoms with E-state index >= 15 is 0 Å². The van der Waals surface area contributed by atoms with Crippen LogP contribution in [0.3, 0.4) is 0 Å². The van der Waals surface area contributed by atoms with Gasteiger partial charge in [0.25, 0.3) is 5.91 Å². The average molecular weight is 269 g/mol. The van der Waals surface area contributed by atoms with Gasteiger partial charge < -0.3 is 14.8 Å². The SMILES string of the molecule is O=C(CNC(=O)c1cccs1)OCC1CCCO1. The molecule has 0 aromatic carbocycles. The molecule has 1 amide bonds. The number of esters is 1. The highest BCUT2D eigenvalue weighted by atomic mass is 32.1. The second-order valence-corrected chi connectivity index (χ2v) is 4.93. The van der Waals surface area contributed by atoms with Crippen LogP contribution in [-0.4, -0.2) is 37.7 Å². The van der Waals surface area contributed by atoms with E-state index in [9.17, 15) is 9.59 Å². The summed E-state index contributed by atoms with van der Waals surface area (Å²) in [7, 11) is 0. The Morgan fingerprint density at radius 2 is 2.44 bits per heavy atom. The van der Waals surface area contributed by atoms with E-state index in [0.717, 1.165) is 19.4 Å². The minimum absolute atomic E-state index is 0.0157. The summed E-state index contributed by atoms with van der Waals surface area (Å²) in [5.74, 6) is -0.686. The van der Waals surface area contributed by atoms with Crippen LogP contribution >= 0.6 is 11.3 Å². The van der Waals surface area contributed by atoms with E-state index in [1.807, 2.05) is 5.38 Å². The van der Waals surface area contributed by atoms with Gasteiger partial charge in [-0.05, 0) is 24.3 Å². The van der Waals surface area contributed by atoms with Crippen molar-refractivity contribution in [3.05, 3.63) is 22.4 Å². The van der Waals surface area contributed by atoms with Gasteiger partial charge in [-0.25, -0.2) is 0 Å². The first-order valence-corrected chi connectivity index (χ1v) is 6.72. The van der Waals surface area contributed by atoms with E-state index in [1.165, 1.54) is 11.3 Å². The molecule has 0 bridgehead atoms. The maximum atomic E-state index is 11.5. The van der Waals surface area contributed by atoms with Crippen LogP contribution < -0.4 is 5.32 Å². The van der Waals surface area contributed by atoms with Crippen molar-refractivity contribution in [3.8, 4) is 0 Å². The van der Waals surface area contributed by atoms with Gasteiger partial charge in [0, 0.05) is 6.61 Å². The fourth-order valence-corrected chi connectivity index (χ4v) is 2.30. The van der Waals surface area contributed by atoms with Crippen LogP contribution in [0.4, 0.5) is 0 Å². The lowest BCUT2D eigenvalue weighted by Gasteiger charge is -2.10. The first-order chi connectivity index (χ1) is 8.75. The van der Waals surface area contributed by atoms with Gasteiger partial charge in [0.2, 0.25) is 0 Å². The number of carbonyl (C=O) groups excluding carboxylic acids is 2. The molecule has 1 fully saturated rings. The molecule has 6 heteroatoms. The summed E-state index contributed by atoms with van der Waals surface area (Å²) in [6.45, 7) is 0.897. The summed E-state index contributed by atoms with van der Waals surface area (Å²) < 4.78 is 10.3. The van der Waals surface area contributed by atoms with Gasteiger partial charge in [-0.3, -0.25) is 9.59 Å². The predicted octanol–water partition coefficient (Wildman–Crippen LogP) is 1.20. The molecule has 2 rings (SSSR count). The molecule has 1 atom stereocenters. The summed E-state index contributed by atoms with van der Waals surface area (Å²) in [5.41, 5.74) is 0. The minimum Gasteiger partial charge on any atom is -0.462 e. The molecule has 0 saturated carbocycles. The molecule has 1 unspecified atom stereocenters. The highest BCUT2D eigenvalue weighted by Gasteiger charge is 2.17. The molecule has 1 aliphatic heterocycles. The van der Waals surface area contributed by atoms with Crippen LogP contribution in [0.2, 0.25) is 0 Å². The van der Waals surface area contributed by atoms with Crippen molar-refractivity contribution in [2.24, 2.45) is 0 Å². The number of nitrogens with one attached hydrogen (secondary N) is 1. The fourth-order valence-electron chi connectivity index (χ4n) is 1.66. The summed E-state index contributed by atoms with van der Waals surface area (Å²) in [4.78, 5) is 23.5. The van der Waals surface area contributed by atoms with Gasteiger partial charge in [0.1, 0.15) is 13.2 Å². The normalized spacial score (nSPS) is 18.6. The molecule has 98 valence electrons. The molecular weight excluding hydrogens is 254 g/mol. The van der Waals surface area contributed by atoms with Gasteiger partial charge in [-0.2, -0.15) is 0 Å². The summed E-state index contributed by atoms with van der Waals surface area (Å²) in [6, 6.07) is 3.49. The molecule has 18 heavy (non-hydrogen) atoms. The number of rotatable bonds is 5. The Morgan fingerprint density at radius 1 is 1.56 bits per heavy atom. The highest BCUT2D eigenvalue weighted by Crippen LogP contribution is 2.12. The highest BCUT2D eigenvalue weighted by molar-refractivity contribution is 7.12. The maximum Gasteiger partial charge on any atom is 0.325 e. The number of carbonyl (C=O) groups is 2. The van der Waals surface area contributed by atoms with Crippen molar-refractivity contribution in [2.75, 3.05) is 19.8 Å². The van der Waals surface area contributed by atoms with Crippen molar-refractivity contribution in [2.45, 2.75) is 18.9 Å². The summed E-state index contributed by atoms with van der Waals surface area (Å²) in [5, 5.41) is 4.33. The quantitative estimate of drug-likeness (QED) is 0.816. The van der Waals surface area contributed by atoms with E-state index < -0.39 is 5.97 Å². The number of amides is 1. The molecule has 1 aromatic heterocycles. The number of ether oxygens (including phenoxy) is 2. The topological polar surface area (TPSA) is 64.6 Å².